The van der Waals surface area contributed by atoms with Gasteiger partial charge in [0, 0.05) is 22.2 Å². The predicted octanol–water partition coefficient (Wildman–Crippen LogP) is 9.29. The summed E-state index contributed by atoms with van der Waals surface area (Å²) in [5, 5.41) is 12.6. The molecule has 43 heavy (non-hydrogen) atoms. The van der Waals surface area contributed by atoms with Crippen LogP contribution in [0.2, 0.25) is 10.0 Å². The Kier molecular flexibility index (Phi) is 9.91. The Bertz CT molecular complexity index is 1730. The standard InChI is InChI=1S/C31H22Cl2IN3O5S/c1-2-41-27-16-20(15-26(34)29(27)42-18-19-3-11-25(12-4-19)37(39)40)17-28-30(38)36(24-13-7-22(33)8-14-24)31(43-28)35-23-9-5-21(32)6-10-23/h3-17H,2,18H2,1H3/b28-17-,35-31?. The Morgan fingerprint density at radius 2 is 1.63 bits per heavy atom. The van der Waals surface area contributed by atoms with Gasteiger partial charge in [-0.25, -0.2) is 4.99 Å². The van der Waals surface area contributed by atoms with Crippen molar-refractivity contribution in [2.24, 2.45) is 4.99 Å². The minimum Gasteiger partial charge on any atom is -0.490 e. The molecule has 1 fully saturated rings. The summed E-state index contributed by atoms with van der Waals surface area (Å²) in [6.45, 7) is 2.47. The van der Waals surface area contributed by atoms with Crippen LogP contribution in [0.15, 0.2) is 94.8 Å². The summed E-state index contributed by atoms with van der Waals surface area (Å²) in [4.78, 5) is 31.0. The minimum atomic E-state index is -0.442. The Balaban J connectivity index is 1.45. The van der Waals surface area contributed by atoms with Gasteiger partial charge in [0.2, 0.25) is 0 Å². The molecule has 1 amide bonds. The van der Waals surface area contributed by atoms with E-state index < -0.39 is 4.92 Å². The minimum absolute atomic E-state index is 0.0149. The fourth-order valence-corrected chi connectivity index (χ4v) is 6.12. The number of aliphatic imine (C=N–C) groups is 1. The predicted molar refractivity (Wildman–Crippen MR) is 181 cm³/mol. The molecule has 1 saturated heterocycles. The number of halogens is 3. The molecule has 0 radical (unpaired) electrons. The molecule has 5 rings (SSSR count). The molecule has 1 heterocycles. The molecule has 0 N–H and O–H groups in total. The van der Waals surface area contributed by atoms with Gasteiger partial charge in [0.1, 0.15) is 6.61 Å². The zero-order valence-electron chi connectivity index (χ0n) is 22.5. The van der Waals surface area contributed by atoms with Crippen LogP contribution in [0.1, 0.15) is 18.1 Å². The number of amides is 1. The molecule has 0 unspecified atom stereocenters. The summed E-state index contributed by atoms with van der Waals surface area (Å²) in [7, 11) is 0. The van der Waals surface area contributed by atoms with E-state index in [0.29, 0.717) is 49.6 Å². The van der Waals surface area contributed by atoms with Gasteiger partial charge >= 0.3 is 0 Å². The van der Waals surface area contributed by atoms with Crippen LogP contribution in [0, 0.1) is 13.7 Å². The first-order valence-electron chi connectivity index (χ1n) is 12.9. The van der Waals surface area contributed by atoms with Crippen molar-refractivity contribution in [1.29, 1.82) is 0 Å². The lowest BCUT2D eigenvalue weighted by atomic mass is 10.1. The number of carbonyl (C=O) groups excluding carboxylic acids is 1. The second-order valence-electron chi connectivity index (χ2n) is 9.07. The van der Waals surface area contributed by atoms with Crippen LogP contribution in [0.25, 0.3) is 6.08 Å². The number of anilines is 1. The van der Waals surface area contributed by atoms with Gasteiger partial charge in [0.15, 0.2) is 16.7 Å². The quantitative estimate of drug-likeness (QED) is 0.0734. The van der Waals surface area contributed by atoms with Gasteiger partial charge in [0.05, 0.1) is 31.4 Å². The first-order valence-corrected chi connectivity index (χ1v) is 15.5. The molecule has 8 nitrogen and oxygen atoms in total. The van der Waals surface area contributed by atoms with Gasteiger partial charge in [-0.3, -0.25) is 19.8 Å². The van der Waals surface area contributed by atoms with Crippen molar-refractivity contribution in [3.05, 3.63) is 125 Å². The van der Waals surface area contributed by atoms with Crippen molar-refractivity contribution < 1.29 is 19.2 Å². The third-order valence-electron chi connectivity index (χ3n) is 6.10. The van der Waals surface area contributed by atoms with Crippen LogP contribution in [0.4, 0.5) is 17.1 Å². The summed E-state index contributed by atoms with van der Waals surface area (Å²) in [5.41, 5.74) is 2.83. The zero-order valence-corrected chi connectivity index (χ0v) is 27.0. The number of nitro benzene ring substituents is 1. The molecule has 0 saturated carbocycles. The van der Waals surface area contributed by atoms with Gasteiger partial charge in [-0.05, 0) is 131 Å². The smallest absolute Gasteiger partial charge is 0.271 e. The fourth-order valence-electron chi connectivity index (χ4n) is 4.09. The van der Waals surface area contributed by atoms with Crippen LogP contribution in [-0.4, -0.2) is 22.6 Å². The second-order valence-corrected chi connectivity index (χ2v) is 12.1. The number of thioether (sulfide) groups is 1. The van der Waals surface area contributed by atoms with E-state index in [1.165, 1.54) is 23.9 Å². The first-order chi connectivity index (χ1) is 20.7. The van der Waals surface area contributed by atoms with E-state index in [4.69, 9.17) is 37.7 Å². The second kappa shape index (κ2) is 13.8. The number of nitro groups is 1. The van der Waals surface area contributed by atoms with Crippen molar-refractivity contribution >= 4 is 91.8 Å². The molecular weight excluding hydrogens is 724 g/mol. The van der Waals surface area contributed by atoms with Crippen LogP contribution in [-0.2, 0) is 11.4 Å². The number of hydrogen-bond donors (Lipinski definition) is 0. The molecule has 0 aliphatic carbocycles. The maximum Gasteiger partial charge on any atom is 0.271 e. The van der Waals surface area contributed by atoms with Crippen LogP contribution >= 0.6 is 57.6 Å². The molecule has 0 spiro atoms. The van der Waals surface area contributed by atoms with Gasteiger partial charge in [-0.1, -0.05) is 23.2 Å². The van der Waals surface area contributed by atoms with E-state index in [1.807, 2.05) is 19.1 Å². The number of ether oxygens (including phenoxy) is 2. The van der Waals surface area contributed by atoms with Crippen molar-refractivity contribution in [2.75, 3.05) is 11.5 Å². The van der Waals surface area contributed by atoms with Gasteiger partial charge < -0.3 is 9.47 Å². The first kappa shape index (κ1) is 30.9. The van der Waals surface area contributed by atoms with Crippen molar-refractivity contribution in [3.8, 4) is 11.5 Å². The largest absolute Gasteiger partial charge is 0.490 e. The molecule has 1 aliphatic rings. The van der Waals surface area contributed by atoms with Gasteiger partial charge in [-0.15, -0.1) is 0 Å². The van der Waals surface area contributed by atoms with Crippen molar-refractivity contribution in [3.63, 3.8) is 0 Å². The highest BCUT2D eigenvalue weighted by atomic mass is 127. The fraction of sp³-hybridized carbons (Fsp3) is 0.0968. The third-order valence-corrected chi connectivity index (χ3v) is 8.38. The maximum absolute atomic E-state index is 13.7. The number of nitrogens with zero attached hydrogens (tertiary/aromatic N) is 3. The zero-order chi connectivity index (χ0) is 30.5. The van der Waals surface area contributed by atoms with E-state index >= 15 is 0 Å². The molecule has 0 bridgehead atoms. The number of carbonyl (C=O) groups is 1. The molecule has 4 aromatic carbocycles. The number of hydrogen-bond acceptors (Lipinski definition) is 7. The maximum atomic E-state index is 13.7. The Labute approximate surface area is 275 Å². The highest BCUT2D eigenvalue weighted by molar-refractivity contribution is 14.1. The average molecular weight is 746 g/mol. The van der Waals surface area contributed by atoms with E-state index in [2.05, 4.69) is 22.6 Å². The third kappa shape index (κ3) is 7.50. The number of rotatable bonds is 9. The molecule has 4 aromatic rings. The Morgan fingerprint density at radius 1 is 0.977 bits per heavy atom. The highest BCUT2D eigenvalue weighted by Crippen LogP contribution is 2.40. The molecule has 12 heteroatoms. The lowest BCUT2D eigenvalue weighted by Gasteiger charge is -2.16. The average Bonchev–Trinajstić information content (AvgIpc) is 3.28. The summed E-state index contributed by atoms with van der Waals surface area (Å²) in [5.74, 6) is 0.829. The highest BCUT2D eigenvalue weighted by Gasteiger charge is 2.35. The van der Waals surface area contributed by atoms with E-state index in [1.54, 1.807) is 71.6 Å². The van der Waals surface area contributed by atoms with Crippen molar-refractivity contribution in [1.82, 2.24) is 0 Å². The van der Waals surface area contributed by atoms with E-state index in [0.717, 1.165) is 14.7 Å². The summed E-state index contributed by atoms with van der Waals surface area (Å²) < 4.78 is 12.8. The lowest BCUT2D eigenvalue weighted by molar-refractivity contribution is -0.384. The van der Waals surface area contributed by atoms with Gasteiger partial charge in [-0.2, -0.15) is 0 Å². The van der Waals surface area contributed by atoms with E-state index in [-0.39, 0.29) is 18.2 Å². The Hall–Kier alpha value is -3.58. The van der Waals surface area contributed by atoms with E-state index in [9.17, 15) is 14.9 Å². The monoisotopic (exact) mass is 745 g/mol. The summed E-state index contributed by atoms with van der Waals surface area (Å²) in [6.07, 6.45) is 1.80. The van der Waals surface area contributed by atoms with Crippen molar-refractivity contribution in [2.45, 2.75) is 13.5 Å². The topological polar surface area (TPSA) is 94.3 Å². The molecular formula is C31H22Cl2IN3O5S. The SMILES string of the molecule is CCOc1cc(/C=C2\SC(=Nc3ccc(Cl)cc3)N(c3ccc(Cl)cc3)C2=O)cc(I)c1OCc1ccc([N+](=O)[O-])cc1. The van der Waals surface area contributed by atoms with Crippen LogP contribution in [0.5, 0.6) is 11.5 Å². The number of non-ortho nitro benzene ring substituents is 1. The molecule has 0 atom stereocenters. The lowest BCUT2D eigenvalue weighted by Crippen LogP contribution is -2.28. The van der Waals surface area contributed by atoms with Crippen LogP contribution in [0.3, 0.4) is 0 Å². The molecule has 218 valence electrons. The number of benzene rings is 4. The summed E-state index contributed by atoms with van der Waals surface area (Å²) in [6, 6.07) is 24.0. The summed E-state index contributed by atoms with van der Waals surface area (Å²) >= 11 is 15.6. The molecule has 1 aliphatic heterocycles. The van der Waals surface area contributed by atoms with Crippen LogP contribution < -0.4 is 14.4 Å². The molecule has 0 aromatic heterocycles. The normalized spacial score (nSPS) is 14.9. The Morgan fingerprint density at radius 3 is 2.26 bits per heavy atom. The number of amidine groups is 1. The van der Waals surface area contributed by atoms with Gasteiger partial charge in [0.25, 0.3) is 11.6 Å².